The maximum atomic E-state index is 14.8. The molecule has 2 fully saturated rings. The standard InChI is InChI=1S/C18H21FN5O6S/c1-13(25)24(27)12-15-11-23(18(26)30-15)14-2-3-17(16(19)10-14)21-5-7-22(8-6-21)31(28,29)9-4-20/h2-3,10,15H,5-9,11-12H2,1H3/q-1. The van der Waals surface area contributed by atoms with Gasteiger partial charge in [0.1, 0.15) is 11.9 Å². The summed E-state index contributed by atoms with van der Waals surface area (Å²) >= 11 is 0. The van der Waals surface area contributed by atoms with E-state index < -0.39 is 39.7 Å². The monoisotopic (exact) mass is 454 g/mol. The van der Waals surface area contributed by atoms with Crippen LogP contribution in [0.25, 0.3) is 0 Å². The van der Waals surface area contributed by atoms with E-state index in [1.165, 1.54) is 21.3 Å². The topological polar surface area (TPSA) is 137 Å². The number of amides is 2. The van der Waals surface area contributed by atoms with Gasteiger partial charge < -0.3 is 19.9 Å². The number of sulfonamides is 1. The van der Waals surface area contributed by atoms with Gasteiger partial charge in [0.05, 0.1) is 24.0 Å². The van der Waals surface area contributed by atoms with E-state index >= 15 is 0 Å². The van der Waals surface area contributed by atoms with E-state index in [0.29, 0.717) is 0 Å². The number of halogens is 1. The Labute approximate surface area is 178 Å². The number of anilines is 2. The van der Waals surface area contributed by atoms with Crippen LogP contribution in [0.2, 0.25) is 0 Å². The third kappa shape index (κ3) is 5.04. The number of benzene rings is 1. The molecule has 2 aliphatic heterocycles. The molecule has 2 heterocycles. The van der Waals surface area contributed by atoms with Gasteiger partial charge in [0, 0.05) is 39.6 Å². The summed E-state index contributed by atoms with van der Waals surface area (Å²) in [4.78, 5) is 26.0. The molecular formula is C18H21FN5O6S-. The molecule has 0 radical (unpaired) electrons. The van der Waals surface area contributed by atoms with E-state index in [9.17, 15) is 27.6 Å². The molecule has 0 bridgehead atoms. The molecule has 0 spiro atoms. The van der Waals surface area contributed by atoms with Gasteiger partial charge in [-0.25, -0.2) is 17.6 Å². The summed E-state index contributed by atoms with van der Waals surface area (Å²) in [5.74, 6) is -1.90. The van der Waals surface area contributed by atoms with Crippen LogP contribution < -0.4 is 9.80 Å². The minimum atomic E-state index is -3.65. The smallest absolute Gasteiger partial charge is 0.414 e. The van der Waals surface area contributed by atoms with Crippen LogP contribution in [0.4, 0.5) is 20.6 Å². The van der Waals surface area contributed by atoms with E-state index in [4.69, 9.17) is 10.00 Å². The Hall–Kier alpha value is -2.95. The van der Waals surface area contributed by atoms with Gasteiger partial charge in [0.25, 0.3) is 0 Å². The maximum absolute atomic E-state index is 14.8. The molecule has 31 heavy (non-hydrogen) atoms. The number of ether oxygens (including phenoxy) is 1. The van der Waals surface area contributed by atoms with Crippen LogP contribution in [0.1, 0.15) is 6.92 Å². The lowest BCUT2D eigenvalue weighted by Crippen LogP contribution is -2.49. The number of hydrogen-bond donors (Lipinski definition) is 0. The zero-order valence-electron chi connectivity index (χ0n) is 16.7. The van der Waals surface area contributed by atoms with Crippen LogP contribution in [0.5, 0.6) is 0 Å². The van der Waals surface area contributed by atoms with Crippen molar-refractivity contribution >= 4 is 33.4 Å². The number of hydrogen-bond acceptors (Lipinski definition) is 8. The Morgan fingerprint density at radius 1 is 1.35 bits per heavy atom. The molecule has 1 atom stereocenters. The number of carbonyl (C=O) groups is 2. The van der Waals surface area contributed by atoms with E-state index in [-0.39, 0.29) is 55.7 Å². The zero-order chi connectivity index (χ0) is 22.8. The summed E-state index contributed by atoms with van der Waals surface area (Å²) in [6, 6.07) is 5.81. The summed E-state index contributed by atoms with van der Waals surface area (Å²) in [6.07, 6.45) is -1.56. The summed E-state index contributed by atoms with van der Waals surface area (Å²) in [7, 11) is -3.65. The largest absolute Gasteiger partial charge is 0.756 e. The first-order chi connectivity index (χ1) is 14.6. The summed E-state index contributed by atoms with van der Waals surface area (Å²) in [6.45, 7) is 1.56. The molecule has 1 aromatic rings. The summed E-state index contributed by atoms with van der Waals surface area (Å²) < 4.78 is 45.0. The Bertz CT molecular complexity index is 1010. The van der Waals surface area contributed by atoms with Crippen LogP contribution >= 0.6 is 0 Å². The van der Waals surface area contributed by atoms with Gasteiger partial charge in [-0.2, -0.15) is 9.57 Å². The number of nitriles is 1. The van der Waals surface area contributed by atoms with Gasteiger partial charge in [-0.05, 0) is 18.2 Å². The average molecular weight is 454 g/mol. The van der Waals surface area contributed by atoms with E-state index in [0.717, 1.165) is 13.0 Å². The predicted octanol–water partition coefficient (Wildman–Crippen LogP) is 0.473. The fraction of sp³-hybridized carbons (Fsp3) is 0.500. The molecule has 13 heteroatoms. The summed E-state index contributed by atoms with van der Waals surface area (Å²) in [5.41, 5.74) is 0.497. The molecule has 0 N–H and O–H groups in total. The second kappa shape index (κ2) is 9.04. The molecule has 1 unspecified atom stereocenters. The SMILES string of the molecule is CC(=O)N([O-])CC1CN(c2ccc(N3CCN(S(=O)(=O)CC#N)CC3)c(F)c2)C(=O)O1. The number of piperazine rings is 1. The highest BCUT2D eigenvalue weighted by atomic mass is 32.2. The third-order valence-corrected chi connectivity index (χ3v) is 6.70. The van der Waals surface area contributed by atoms with E-state index in [1.54, 1.807) is 11.0 Å². The van der Waals surface area contributed by atoms with Crippen LogP contribution in [0.3, 0.4) is 0 Å². The van der Waals surface area contributed by atoms with Gasteiger partial charge in [-0.3, -0.25) is 9.69 Å². The lowest BCUT2D eigenvalue weighted by Gasteiger charge is -2.35. The highest BCUT2D eigenvalue weighted by Crippen LogP contribution is 2.29. The van der Waals surface area contributed by atoms with Crippen LogP contribution in [-0.4, -0.2) is 80.9 Å². The number of cyclic esters (lactones) is 1. The normalized spacial score (nSPS) is 19.8. The second-order valence-electron chi connectivity index (χ2n) is 7.13. The molecule has 2 aliphatic rings. The zero-order valence-corrected chi connectivity index (χ0v) is 17.5. The number of hydroxylamine groups is 2. The van der Waals surface area contributed by atoms with Crippen molar-refractivity contribution in [3.8, 4) is 6.07 Å². The van der Waals surface area contributed by atoms with Gasteiger partial charge in [-0.15, -0.1) is 0 Å². The number of rotatable bonds is 6. The minimum Gasteiger partial charge on any atom is -0.756 e. The maximum Gasteiger partial charge on any atom is 0.414 e. The number of nitrogens with zero attached hydrogens (tertiary/aromatic N) is 5. The lowest BCUT2D eigenvalue weighted by molar-refractivity contribution is -0.127. The molecular weight excluding hydrogens is 433 g/mol. The van der Waals surface area contributed by atoms with Gasteiger partial charge >= 0.3 is 6.09 Å². The first kappa shape index (κ1) is 22.7. The molecule has 0 aliphatic carbocycles. The van der Waals surface area contributed by atoms with Gasteiger partial charge in [0.15, 0.2) is 5.75 Å². The first-order valence-corrected chi connectivity index (χ1v) is 11.1. The highest BCUT2D eigenvalue weighted by Gasteiger charge is 2.34. The minimum absolute atomic E-state index is 0.000926. The molecule has 168 valence electrons. The molecule has 2 saturated heterocycles. The fourth-order valence-electron chi connectivity index (χ4n) is 3.44. The molecule has 1 aromatic carbocycles. The average Bonchev–Trinajstić information content (AvgIpc) is 3.08. The molecule has 0 aromatic heterocycles. The van der Waals surface area contributed by atoms with E-state index in [1.807, 2.05) is 0 Å². The van der Waals surface area contributed by atoms with Gasteiger partial charge in [-0.1, -0.05) is 0 Å². The van der Waals surface area contributed by atoms with Crippen molar-refractivity contribution in [1.82, 2.24) is 9.37 Å². The van der Waals surface area contributed by atoms with E-state index in [2.05, 4.69) is 0 Å². The molecule has 11 nitrogen and oxygen atoms in total. The van der Waals surface area contributed by atoms with Crippen LogP contribution in [0, 0.1) is 22.4 Å². The van der Waals surface area contributed by atoms with Crippen LogP contribution in [0.15, 0.2) is 18.2 Å². The highest BCUT2D eigenvalue weighted by molar-refractivity contribution is 7.89. The second-order valence-corrected chi connectivity index (χ2v) is 9.10. The van der Waals surface area contributed by atoms with Crippen molar-refractivity contribution in [1.29, 1.82) is 5.26 Å². The van der Waals surface area contributed by atoms with Crippen LogP contribution in [-0.2, 0) is 19.6 Å². The Balaban J connectivity index is 1.65. The first-order valence-electron chi connectivity index (χ1n) is 9.45. The third-order valence-electron chi connectivity index (χ3n) is 5.06. The van der Waals surface area contributed by atoms with Crippen molar-refractivity contribution in [3.05, 3.63) is 29.2 Å². The van der Waals surface area contributed by atoms with Crippen molar-refractivity contribution in [2.45, 2.75) is 13.0 Å². The van der Waals surface area contributed by atoms with Crippen molar-refractivity contribution in [2.75, 3.05) is 54.8 Å². The quantitative estimate of drug-likeness (QED) is 0.566. The molecule has 0 saturated carbocycles. The molecule has 3 rings (SSSR count). The van der Waals surface area contributed by atoms with Crippen molar-refractivity contribution < 1.29 is 27.1 Å². The molecule has 2 amide bonds. The van der Waals surface area contributed by atoms with Gasteiger partial charge in [0.2, 0.25) is 15.9 Å². The van der Waals surface area contributed by atoms with Crippen molar-refractivity contribution in [3.63, 3.8) is 0 Å². The lowest BCUT2D eigenvalue weighted by atomic mass is 10.2. The summed E-state index contributed by atoms with van der Waals surface area (Å²) in [5, 5.41) is 20.3. The van der Waals surface area contributed by atoms with Crippen molar-refractivity contribution in [2.24, 2.45) is 0 Å². The fourth-order valence-corrected chi connectivity index (χ4v) is 4.51. The Morgan fingerprint density at radius 2 is 2.03 bits per heavy atom. The predicted molar refractivity (Wildman–Crippen MR) is 108 cm³/mol. The Kier molecular flexibility index (Phi) is 6.63. The Morgan fingerprint density at radius 3 is 2.61 bits per heavy atom. The number of carbonyl (C=O) groups excluding carboxylic acids is 2.